The lowest BCUT2D eigenvalue weighted by molar-refractivity contribution is 0.0951. The maximum atomic E-state index is 13.0. The summed E-state index contributed by atoms with van der Waals surface area (Å²) in [7, 11) is -3.83. The van der Waals surface area contributed by atoms with Crippen LogP contribution in [-0.2, 0) is 10.0 Å². The van der Waals surface area contributed by atoms with Crippen molar-refractivity contribution in [3.63, 3.8) is 0 Å². The average Bonchev–Trinajstić information content (AvgIpc) is 2.73. The normalized spacial score (nSPS) is 12.2. The standard InChI is InChI=1S/C22H21FN2O3S/c1-16(17-5-3-2-4-6-17)15-24-22(26)18-7-11-20(12-8-18)25-29(27,28)21-13-9-19(23)10-14-21/h2-14,16,25H,15H2,1H3,(H,24,26)/t16-/m0/s1. The number of hydrogen-bond donors (Lipinski definition) is 2. The van der Waals surface area contributed by atoms with E-state index in [1.54, 1.807) is 12.1 Å². The molecule has 3 aromatic rings. The molecule has 1 atom stereocenters. The number of carbonyl (C=O) groups is 1. The number of rotatable bonds is 7. The van der Waals surface area contributed by atoms with Crippen LogP contribution in [0.3, 0.4) is 0 Å². The Labute approximate surface area is 169 Å². The largest absolute Gasteiger partial charge is 0.351 e. The van der Waals surface area contributed by atoms with Gasteiger partial charge in [0.25, 0.3) is 15.9 Å². The lowest BCUT2D eigenvalue weighted by Gasteiger charge is -2.13. The number of hydrogen-bond acceptors (Lipinski definition) is 3. The molecule has 0 fully saturated rings. The maximum Gasteiger partial charge on any atom is 0.261 e. The minimum absolute atomic E-state index is 0.0457. The first-order valence-corrected chi connectivity index (χ1v) is 10.5. The molecule has 0 aliphatic carbocycles. The molecule has 0 aromatic heterocycles. The van der Waals surface area contributed by atoms with E-state index in [4.69, 9.17) is 0 Å². The minimum Gasteiger partial charge on any atom is -0.351 e. The van der Waals surface area contributed by atoms with Crippen molar-refractivity contribution < 1.29 is 17.6 Å². The number of nitrogens with one attached hydrogen (secondary N) is 2. The summed E-state index contributed by atoms with van der Waals surface area (Å²) in [6.07, 6.45) is 0. The number of halogens is 1. The Morgan fingerprint density at radius 1 is 0.931 bits per heavy atom. The summed E-state index contributed by atoms with van der Waals surface area (Å²) in [5, 5.41) is 2.88. The predicted molar refractivity (Wildman–Crippen MR) is 111 cm³/mol. The Balaban J connectivity index is 1.60. The Morgan fingerprint density at radius 2 is 1.55 bits per heavy atom. The Hall–Kier alpha value is -3.19. The Kier molecular flexibility index (Phi) is 6.29. The second kappa shape index (κ2) is 8.87. The van der Waals surface area contributed by atoms with Gasteiger partial charge in [0.05, 0.1) is 4.90 Å². The summed E-state index contributed by atoms with van der Waals surface area (Å²) < 4.78 is 40.0. The number of carbonyl (C=O) groups excluding carboxylic acids is 1. The van der Waals surface area contributed by atoms with Gasteiger partial charge >= 0.3 is 0 Å². The van der Waals surface area contributed by atoms with Gasteiger partial charge in [0.15, 0.2) is 0 Å². The van der Waals surface area contributed by atoms with E-state index in [-0.39, 0.29) is 16.7 Å². The zero-order valence-corrected chi connectivity index (χ0v) is 16.6. The number of benzene rings is 3. The van der Waals surface area contributed by atoms with Crippen LogP contribution in [0.1, 0.15) is 28.8 Å². The van der Waals surface area contributed by atoms with Gasteiger partial charge in [-0.1, -0.05) is 37.3 Å². The molecule has 0 aliphatic heterocycles. The summed E-state index contributed by atoms with van der Waals surface area (Å²) >= 11 is 0. The summed E-state index contributed by atoms with van der Waals surface area (Å²) in [5.74, 6) is -0.580. The maximum absolute atomic E-state index is 13.0. The van der Waals surface area contributed by atoms with Crippen molar-refractivity contribution in [2.24, 2.45) is 0 Å². The van der Waals surface area contributed by atoms with Crippen LogP contribution in [0, 0.1) is 5.82 Å². The van der Waals surface area contributed by atoms with Gasteiger partial charge in [-0.05, 0) is 60.0 Å². The van der Waals surface area contributed by atoms with Crippen LogP contribution in [0.2, 0.25) is 0 Å². The first-order valence-electron chi connectivity index (χ1n) is 9.07. The van der Waals surface area contributed by atoms with Gasteiger partial charge in [0.2, 0.25) is 0 Å². The first kappa shape index (κ1) is 20.5. The first-order chi connectivity index (χ1) is 13.8. The van der Waals surface area contributed by atoms with Gasteiger partial charge in [-0.15, -0.1) is 0 Å². The molecule has 7 heteroatoms. The van der Waals surface area contributed by atoms with Gasteiger partial charge in [0, 0.05) is 17.8 Å². The molecule has 3 rings (SSSR count). The Bertz CT molecular complexity index is 1070. The SMILES string of the molecule is C[C@@H](CNC(=O)c1ccc(NS(=O)(=O)c2ccc(F)cc2)cc1)c1ccccc1. The number of sulfonamides is 1. The van der Waals surface area contributed by atoms with E-state index in [1.165, 1.54) is 24.3 Å². The van der Waals surface area contributed by atoms with Crippen molar-refractivity contribution in [2.45, 2.75) is 17.7 Å². The molecular formula is C22H21FN2O3S. The van der Waals surface area contributed by atoms with Gasteiger partial charge < -0.3 is 5.32 Å². The molecule has 0 spiro atoms. The second-order valence-corrected chi connectivity index (χ2v) is 8.34. The van der Waals surface area contributed by atoms with Crippen LogP contribution >= 0.6 is 0 Å². The summed E-state index contributed by atoms with van der Waals surface area (Å²) in [6, 6.07) is 20.5. The predicted octanol–water partition coefficient (Wildman–Crippen LogP) is 4.16. The summed E-state index contributed by atoms with van der Waals surface area (Å²) in [6.45, 7) is 2.52. The van der Waals surface area contributed by atoms with Crippen molar-refractivity contribution in [1.82, 2.24) is 5.32 Å². The average molecular weight is 412 g/mol. The molecule has 0 radical (unpaired) electrons. The van der Waals surface area contributed by atoms with E-state index in [2.05, 4.69) is 10.0 Å². The van der Waals surface area contributed by atoms with Crippen LogP contribution in [0.5, 0.6) is 0 Å². The highest BCUT2D eigenvalue weighted by Gasteiger charge is 2.15. The third-order valence-corrected chi connectivity index (χ3v) is 5.86. The van der Waals surface area contributed by atoms with Crippen LogP contribution in [0.25, 0.3) is 0 Å². The molecule has 1 amide bonds. The van der Waals surface area contributed by atoms with Crippen molar-refractivity contribution in [1.29, 1.82) is 0 Å². The zero-order chi connectivity index (χ0) is 20.9. The molecule has 0 aliphatic rings. The minimum atomic E-state index is -3.83. The molecule has 3 aromatic carbocycles. The van der Waals surface area contributed by atoms with Crippen LogP contribution in [0.4, 0.5) is 10.1 Å². The lowest BCUT2D eigenvalue weighted by atomic mass is 10.0. The van der Waals surface area contributed by atoms with E-state index in [9.17, 15) is 17.6 Å². The zero-order valence-electron chi connectivity index (χ0n) is 15.8. The van der Waals surface area contributed by atoms with Crippen LogP contribution < -0.4 is 10.0 Å². The van der Waals surface area contributed by atoms with Gasteiger partial charge in [-0.3, -0.25) is 9.52 Å². The molecule has 150 valence electrons. The van der Waals surface area contributed by atoms with Crippen molar-refractivity contribution in [3.05, 3.63) is 95.8 Å². The third kappa shape index (κ3) is 5.42. The smallest absolute Gasteiger partial charge is 0.261 e. The number of anilines is 1. The van der Waals surface area contributed by atoms with E-state index in [0.717, 1.165) is 17.7 Å². The van der Waals surface area contributed by atoms with Crippen molar-refractivity contribution >= 4 is 21.6 Å². The fourth-order valence-corrected chi connectivity index (χ4v) is 3.82. The van der Waals surface area contributed by atoms with Crippen LogP contribution in [0.15, 0.2) is 83.8 Å². The molecule has 5 nitrogen and oxygen atoms in total. The second-order valence-electron chi connectivity index (χ2n) is 6.66. The van der Waals surface area contributed by atoms with Crippen molar-refractivity contribution in [2.75, 3.05) is 11.3 Å². The quantitative estimate of drug-likeness (QED) is 0.612. The number of amides is 1. The summed E-state index contributed by atoms with van der Waals surface area (Å²) in [4.78, 5) is 12.3. The fraction of sp³-hybridized carbons (Fsp3) is 0.136. The molecule has 0 heterocycles. The third-order valence-electron chi connectivity index (χ3n) is 4.46. The van der Waals surface area contributed by atoms with Gasteiger partial charge in [-0.25, -0.2) is 12.8 Å². The summed E-state index contributed by atoms with van der Waals surface area (Å²) in [5.41, 5.74) is 1.87. The molecular weight excluding hydrogens is 391 g/mol. The van der Waals surface area contributed by atoms with Crippen LogP contribution in [-0.4, -0.2) is 20.9 Å². The Morgan fingerprint density at radius 3 is 2.17 bits per heavy atom. The van der Waals surface area contributed by atoms with E-state index < -0.39 is 15.8 Å². The lowest BCUT2D eigenvalue weighted by Crippen LogP contribution is -2.27. The van der Waals surface area contributed by atoms with E-state index in [1.807, 2.05) is 37.3 Å². The molecule has 0 saturated heterocycles. The molecule has 0 bridgehead atoms. The van der Waals surface area contributed by atoms with Crippen molar-refractivity contribution in [3.8, 4) is 0 Å². The molecule has 2 N–H and O–H groups in total. The molecule has 0 unspecified atom stereocenters. The highest BCUT2D eigenvalue weighted by molar-refractivity contribution is 7.92. The van der Waals surface area contributed by atoms with E-state index >= 15 is 0 Å². The molecule has 0 saturated carbocycles. The topological polar surface area (TPSA) is 75.3 Å². The molecule has 29 heavy (non-hydrogen) atoms. The van der Waals surface area contributed by atoms with Gasteiger partial charge in [-0.2, -0.15) is 0 Å². The highest BCUT2D eigenvalue weighted by atomic mass is 32.2. The monoisotopic (exact) mass is 412 g/mol. The highest BCUT2D eigenvalue weighted by Crippen LogP contribution is 2.18. The van der Waals surface area contributed by atoms with E-state index in [0.29, 0.717) is 17.8 Å². The van der Waals surface area contributed by atoms with Gasteiger partial charge in [0.1, 0.15) is 5.82 Å². The fourth-order valence-electron chi connectivity index (χ4n) is 2.76.